The molecule has 1 amide bonds. The van der Waals surface area contributed by atoms with Crippen LogP contribution in [0.2, 0.25) is 0 Å². The average Bonchev–Trinajstić information content (AvgIpc) is 3.01. The summed E-state index contributed by atoms with van der Waals surface area (Å²) in [5, 5.41) is 13.8. The highest BCUT2D eigenvalue weighted by atomic mass is 16.1. The number of hydrogen-bond donors (Lipinski definition) is 2. The molecule has 0 unspecified atom stereocenters. The molecule has 0 spiro atoms. The number of tetrazole rings is 1. The van der Waals surface area contributed by atoms with Crippen LogP contribution in [0.1, 0.15) is 53.0 Å². The second kappa shape index (κ2) is 5.87. The fourth-order valence-electron chi connectivity index (χ4n) is 2.71. The summed E-state index contributed by atoms with van der Waals surface area (Å²) in [7, 11) is 0. The number of aromatic amines is 1. The quantitative estimate of drug-likeness (QED) is 0.894. The van der Waals surface area contributed by atoms with Crippen molar-refractivity contribution in [3.05, 3.63) is 46.8 Å². The minimum atomic E-state index is -0.385. The second-order valence-corrected chi connectivity index (χ2v) is 5.24. The Morgan fingerprint density at radius 2 is 2.24 bits per heavy atom. The number of amides is 1. The van der Waals surface area contributed by atoms with E-state index in [-0.39, 0.29) is 5.91 Å². The Labute approximate surface area is 122 Å². The number of nitrogens with one attached hydrogen (secondary N) is 1. The Balaban J connectivity index is 1.97. The number of hydrogen-bond acceptors (Lipinski definition) is 4. The lowest BCUT2D eigenvalue weighted by Gasteiger charge is -2.16. The Hall–Kier alpha value is -2.50. The molecule has 2 aromatic rings. The standard InChI is InChI=1S/C15H17N5O/c16-15(21)12-7-6-10(9-14-17-19-20-18-14)8-13(12)11-4-2-1-3-5-11/h4,6-8H,1-3,5,9H2,(H2,16,21)(H,17,18,19,20). The summed E-state index contributed by atoms with van der Waals surface area (Å²) < 4.78 is 0. The van der Waals surface area contributed by atoms with E-state index in [4.69, 9.17) is 5.73 Å². The van der Waals surface area contributed by atoms with Crippen LogP contribution in [0, 0.1) is 0 Å². The first-order chi connectivity index (χ1) is 10.2. The van der Waals surface area contributed by atoms with Crippen LogP contribution in [-0.2, 0) is 6.42 Å². The molecule has 3 rings (SSSR count). The molecular formula is C15H17N5O. The molecule has 0 radical (unpaired) electrons. The van der Waals surface area contributed by atoms with Crippen molar-refractivity contribution in [1.29, 1.82) is 0 Å². The number of nitrogens with two attached hydrogens (primary N) is 1. The Morgan fingerprint density at radius 1 is 1.33 bits per heavy atom. The molecule has 0 aliphatic heterocycles. The number of carbonyl (C=O) groups is 1. The van der Waals surface area contributed by atoms with E-state index in [0.717, 1.165) is 30.4 Å². The molecule has 3 N–H and O–H groups in total. The Bertz CT molecular complexity index is 675. The zero-order valence-corrected chi connectivity index (χ0v) is 11.7. The van der Waals surface area contributed by atoms with Gasteiger partial charge in [0.2, 0.25) is 5.91 Å². The fraction of sp³-hybridized carbons (Fsp3) is 0.333. The van der Waals surface area contributed by atoms with Gasteiger partial charge in [-0.1, -0.05) is 18.2 Å². The molecule has 1 aliphatic carbocycles. The molecule has 0 bridgehead atoms. The van der Waals surface area contributed by atoms with Gasteiger partial charge in [0.1, 0.15) is 0 Å². The van der Waals surface area contributed by atoms with E-state index in [1.54, 1.807) is 6.07 Å². The van der Waals surface area contributed by atoms with Gasteiger partial charge in [-0.3, -0.25) is 4.79 Å². The number of benzene rings is 1. The molecule has 1 aromatic heterocycles. The molecule has 108 valence electrons. The summed E-state index contributed by atoms with van der Waals surface area (Å²) in [6, 6.07) is 5.72. The van der Waals surface area contributed by atoms with Crippen molar-refractivity contribution in [3.63, 3.8) is 0 Å². The van der Waals surface area contributed by atoms with Crippen molar-refractivity contribution < 1.29 is 4.79 Å². The highest BCUT2D eigenvalue weighted by Crippen LogP contribution is 2.30. The van der Waals surface area contributed by atoms with Crippen molar-refractivity contribution >= 4 is 11.5 Å². The number of rotatable bonds is 4. The maximum atomic E-state index is 11.6. The topological polar surface area (TPSA) is 97.6 Å². The molecule has 0 atom stereocenters. The van der Waals surface area contributed by atoms with Gasteiger partial charge >= 0.3 is 0 Å². The highest BCUT2D eigenvalue weighted by molar-refractivity contribution is 5.98. The minimum Gasteiger partial charge on any atom is -0.366 e. The molecule has 0 fully saturated rings. The largest absolute Gasteiger partial charge is 0.366 e. The maximum Gasteiger partial charge on any atom is 0.249 e. The zero-order chi connectivity index (χ0) is 14.7. The Morgan fingerprint density at radius 3 is 2.90 bits per heavy atom. The summed E-state index contributed by atoms with van der Waals surface area (Å²) in [5.41, 5.74) is 9.31. The first-order valence-corrected chi connectivity index (χ1v) is 7.09. The van der Waals surface area contributed by atoms with E-state index >= 15 is 0 Å². The predicted molar refractivity (Wildman–Crippen MR) is 78.4 cm³/mol. The molecule has 1 heterocycles. The summed E-state index contributed by atoms with van der Waals surface area (Å²) >= 11 is 0. The lowest BCUT2D eigenvalue weighted by Crippen LogP contribution is -2.14. The van der Waals surface area contributed by atoms with Crippen LogP contribution in [0.25, 0.3) is 5.57 Å². The third-order valence-electron chi connectivity index (χ3n) is 3.75. The summed E-state index contributed by atoms with van der Waals surface area (Å²) in [6.07, 6.45) is 7.23. The summed E-state index contributed by atoms with van der Waals surface area (Å²) in [5.74, 6) is 0.315. The fourth-order valence-corrected chi connectivity index (χ4v) is 2.71. The van der Waals surface area contributed by atoms with Gasteiger partial charge in [-0.25, -0.2) is 5.10 Å². The van der Waals surface area contributed by atoms with Crippen LogP contribution in [0.3, 0.4) is 0 Å². The number of nitrogens with zero attached hydrogens (tertiary/aromatic N) is 3. The third-order valence-corrected chi connectivity index (χ3v) is 3.75. The number of allylic oxidation sites excluding steroid dienone is 2. The first-order valence-electron chi connectivity index (χ1n) is 7.09. The number of H-pyrrole nitrogens is 1. The maximum absolute atomic E-state index is 11.6. The van der Waals surface area contributed by atoms with Crippen LogP contribution >= 0.6 is 0 Å². The van der Waals surface area contributed by atoms with Gasteiger partial charge in [-0.2, -0.15) is 0 Å². The van der Waals surface area contributed by atoms with Crippen LogP contribution in [-0.4, -0.2) is 26.5 Å². The lowest BCUT2D eigenvalue weighted by atomic mass is 9.89. The molecule has 0 saturated heterocycles. The monoisotopic (exact) mass is 283 g/mol. The molecule has 6 nitrogen and oxygen atoms in total. The van der Waals surface area contributed by atoms with E-state index in [1.807, 2.05) is 12.1 Å². The van der Waals surface area contributed by atoms with Gasteiger partial charge in [0.25, 0.3) is 0 Å². The minimum absolute atomic E-state index is 0.385. The molecule has 21 heavy (non-hydrogen) atoms. The van der Waals surface area contributed by atoms with E-state index < -0.39 is 0 Å². The molecule has 1 aromatic carbocycles. The predicted octanol–water partition coefficient (Wildman–Crippen LogP) is 1.85. The smallest absolute Gasteiger partial charge is 0.249 e. The molecule has 6 heteroatoms. The average molecular weight is 283 g/mol. The van der Waals surface area contributed by atoms with E-state index in [9.17, 15) is 4.79 Å². The second-order valence-electron chi connectivity index (χ2n) is 5.24. The SMILES string of the molecule is NC(=O)c1ccc(Cc2nnn[nH]2)cc1C1=CCCCC1. The van der Waals surface area contributed by atoms with Crippen molar-refractivity contribution in [3.8, 4) is 0 Å². The van der Waals surface area contributed by atoms with Crippen molar-refractivity contribution in [2.45, 2.75) is 32.1 Å². The van der Waals surface area contributed by atoms with E-state index in [2.05, 4.69) is 26.7 Å². The van der Waals surface area contributed by atoms with Crippen LogP contribution in [0.15, 0.2) is 24.3 Å². The van der Waals surface area contributed by atoms with E-state index in [0.29, 0.717) is 17.8 Å². The highest BCUT2D eigenvalue weighted by Gasteiger charge is 2.15. The summed E-state index contributed by atoms with van der Waals surface area (Å²) in [6.45, 7) is 0. The van der Waals surface area contributed by atoms with Crippen molar-refractivity contribution in [2.75, 3.05) is 0 Å². The van der Waals surface area contributed by atoms with Gasteiger partial charge in [0.15, 0.2) is 5.82 Å². The number of carbonyl (C=O) groups excluding carboxylic acids is 1. The lowest BCUT2D eigenvalue weighted by molar-refractivity contribution is 0.1000. The first kappa shape index (κ1) is 13.5. The number of aromatic nitrogens is 4. The third kappa shape index (κ3) is 2.99. The van der Waals surface area contributed by atoms with Gasteiger partial charge in [0.05, 0.1) is 0 Å². The van der Waals surface area contributed by atoms with Gasteiger partial charge in [-0.15, -0.1) is 5.10 Å². The van der Waals surface area contributed by atoms with Crippen molar-refractivity contribution in [2.24, 2.45) is 5.73 Å². The molecule has 0 saturated carbocycles. The normalized spacial score (nSPS) is 14.8. The van der Waals surface area contributed by atoms with Gasteiger partial charge in [-0.05, 0) is 58.9 Å². The van der Waals surface area contributed by atoms with Crippen LogP contribution < -0.4 is 5.73 Å². The van der Waals surface area contributed by atoms with Gasteiger partial charge < -0.3 is 5.73 Å². The van der Waals surface area contributed by atoms with Crippen LogP contribution in [0.5, 0.6) is 0 Å². The van der Waals surface area contributed by atoms with E-state index in [1.165, 1.54) is 12.0 Å². The Kier molecular flexibility index (Phi) is 3.77. The number of primary amides is 1. The molecular weight excluding hydrogens is 266 g/mol. The van der Waals surface area contributed by atoms with Crippen LogP contribution in [0.4, 0.5) is 0 Å². The van der Waals surface area contributed by atoms with Gasteiger partial charge in [0, 0.05) is 12.0 Å². The molecule has 1 aliphatic rings. The van der Waals surface area contributed by atoms with Crippen molar-refractivity contribution in [1.82, 2.24) is 20.6 Å². The zero-order valence-electron chi connectivity index (χ0n) is 11.7. The summed E-state index contributed by atoms with van der Waals surface area (Å²) in [4.78, 5) is 11.6.